The maximum atomic E-state index is 9.17. The SMILES string of the molecule is Cc1cc(C(N)C#N)ccc1O. The zero-order valence-corrected chi connectivity index (χ0v) is 6.78. The molecule has 0 bridgehead atoms. The molecule has 1 unspecified atom stereocenters. The lowest BCUT2D eigenvalue weighted by molar-refractivity contribution is 0.471. The van der Waals surface area contributed by atoms with Gasteiger partial charge in [0.15, 0.2) is 0 Å². The van der Waals surface area contributed by atoms with Crippen molar-refractivity contribution in [2.24, 2.45) is 5.73 Å². The van der Waals surface area contributed by atoms with E-state index in [1.54, 1.807) is 25.1 Å². The molecule has 1 aromatic rings. The van der Waals surface area contributed by atoms with Gasteiger partial charge in [-0.25, -0.2) is 0 Å². The first kappa shape index (κ1) is 8.57. The summed E-state index contributed by atoms with van der Waals surface area (Å²) in [4.78, 5) is 0. The normalized spacial score (nSPS) is 12.1. The Balaban J connectivity index is 3.06. The van der Waals surface area contributed by atoms with Gasteiger partial charge >= 0.3 is 0 Å². The van der Waals surface area contributed by atoms with Crippen LogP contribution in [0.5, 0.6) is 5.75 Å². The number of aryl methyl sites for hydroxylation is 1. The highest BCUT2D eigenvalue weighted by molar-refractivity contribution is 5.37. The van der Waals surface area contributed by atoms with E-state index >= 15 is 0 Å². The minimum absolute atomic E-state index is 0.226. The van der Waals surface area contributed by atoms with Gasteiger partial charge < -0.3 is 10.8 Å². The largest absolute Gasteiger partial charge is 0.508 e. The maximum absolute atomic E-state index is 9.17. The van der Waals surface area contributed by atoms with Crippen molar-refractivity contribution in [2.45, 2.75) is 13.0 Å². The minimum atomic E-state index is -0.607. The molecule has 3 heteroatoms. The highest BCUT2D eigenvalue weighted by Crippen LogP contribution is 2.19. The fourth-order valence-electron chi connectivity index (χ4n) is 0.947. The van der Waals surface area contributed by atoms with Crippen molar-refractivity contribution in [3.8, 4) is 11.8 Å². The molecule has 0 radical (unpaired) electrons. The molecule has 1 aromatic carbocycles. The number of benzene rings is 1. The first-order valence-corrected chi connectivity index (χ1v) is 3.60. The predicted molar refractivity (Wildman–Crippen MR) is 45.4 cm³/mol. The molecule has 12 heavy (non-hydrogen) atoms. The topological polar surface area (TPSA) is 70.0 Å². The average molecular weight is 162 g/mol. The lowest BCUT2D eigenvalue weighted by Crippen LogP contribution is -2.06. The van der Waals surface area contributed by atoms with Crippen molar-refractivity contribution in [3.05, 3.63) is 29.3 Å². The fourth-order valence-corrected chi connectivity index (χ4v) is 0.947. The summed E-state index contributed by atoms with van der Waals surface area (Å²) in [5.74, 6) is 0.226. The number of hydrogen-bond acceptors (Lipinski definition) is 3. The molecule has 3 N–H and O–H groups in total. The molecule has 0 fully saturated rings. The van der Waals surface area contributed by atoms with Gasteiger partial charge in [-0.1, -0.05) is 6.07 Å². The van der Waals surface area contributed by atoms with Gasteiger partial charge in [0.1, 0.15) is 11.8 Å². The molecule has 0 aliphatic heterocycles. The summed E-state index contributed by atoms with van der Waals surface area (Å²) < 4.78 is 0. The Morgan fingerprint density at radius 2 is 2.25 bits per heavy atom. The number of phenolic OH excluding ortho intramolecular Hbond substituents is 1. The highest BCUT2D eigenvalue weighted by Gasteiger charge is 2.04. The number of rotatable bonds is 1. The predicted octanol–water partition coefficient (Wildman–Crippen LogP) is 1.22. The quantitative estimate of drug-likeness (QED) is 0.652. The molecule has 0 saturated carbocycles. The fraction of sp³-hybridized carbons (Fsp3) is 0.222. The monoisotopic (exact) mass is 162 g/mol. The van der Waals surface area contributed by atoms with Gasteiger partial charge in [-0.2, -0.15) is 5.26 Å². The Bertz CT molecular complexity index is 328. The average Bonchev–Trinajstić information content (AvgIpc) is 2.08. The van der Waals surface area contributed by atoms with Crippen molar-refractivity contribution >= 4 is 0 Å². The molecule has 0 amide bonds. The second-order valence-corrected chi connectivity index (χ2v) is 2.65. The third kappa shape index (κ3) is 1.55. The third-order valence-electron chi connectivity index (χ3n) is 1.72. The summed E-state index contributed by atoms with van der Waals surface area (Å²) in [6, 6.07) is 6.22. The molecular weight excluding hydrogens is 152 g/mol. The van der Waals surface area contributed by atoms with Gasteiger partial charge in [0, 0.05) is 0 Å². The van der Waals surface area contributed by atoms with E-state index in [9.17, 15) is 5.11 Å². The third-order valence-corrected chi connectivity index (χ3v) is 1.72. The van der Waals surface area contributed by atoms with Crippen molar-refractivity contribution in [3.63, 3.8) is 0 Å². The van der Waals surface area contributed by atoms with E-state index in [2.05, 4.69) is 0 Å². The van der Waals surface area contributed by atoms with E-state index < -0.39 is 6.04 Å². The Labute approximate surface area is 71.1 Å². The van der Waals surface area contributed by atoms with Gasteiger partial charge in [0.05, 0.1) is 6.07 Å². The van der Waals surface area contributed by atoms with Crippen LogP contribution in [0.1, 0.15) is 17.2 Å². The summed E-state index contributed by atoms with van der Waals surface area (Å²) in [5, 5.41) is 17.7. The van der Waals surface area contributed by atoms with Crippen LogP contribution in [0.25, 0.3) is 0 Å². The van der Waals surface area contributed by atoms with Gasteiger partial charge in [-0.05, 0) is 30.2 Å². The molecule has 3 nitrogen and oxygen atoms in total. The molecule has 1 atom stereocenters. The number of aromatic hydroxyl groups is 1. The summed E-state index contributed by atoms with van der Waals surface area (Å²) in [7, 11) is 0. The molecule has 0 aromatic heterocycles. The highest BCUT2D eigenvalue weighted by atomic mass is 16.3. The number of phenols is 1. The van der Waals surface area contributed by atoms with Crippen LogP contribution < -0.4 is 5.73 Å². The molecule has 62 valence electrons. The Hall–Kier alpha value is -1.53. The second-order valence-electron chi connectivity index (χ2n) is 2.65. The van der Waals surface area contributed by atoms with Crippen molar-refractivity contribution < 1.29 is 5.11 Å². The summed E-state index contributed by atoms with van der Waals surface area (Å²) in [5.41, 5.74) is 6.93. The Morgan fingerprint density at radius 1 is 1.58 bits per heavy atom. The smallest absolute Gasteiger partial charge is 0.118 e. The summed E-state index contributed by atoms with van der Waals surface area (Å²) in [6.45, 7) is 1.77. The van der Waals surface area contributed by atoms with Crippen LogP contribution in [0.2, 0.25) is 0 Å². The number of nitrogens with zero attached hydrogens (tertiary/aromatic N) is 1. The van der Waals surface area contributed by atoms with Crippen molar-refractivity contribution in [1.29, 1.82) is 5.26 Å². The van der Waals surface area contributed by atoms with E-state index in [0.29, 0.717) is 0 Å². The Kier molecular flexibility index (Phi) is 2.32. The van der Waals surface area contributed by atoms with E-state index in [1.807, 2.05) is 6.07 Å². The second kappa shape index (κ2) is 3.24. The van der Waals surface area contributed by atoms with E-state index in [-0.39, 0.29) is 5.75 Å². The lowest BCUT2D eigenvalue weighted by Gasteiger charge is -2.04. The molecule has 0 saturated heterocycles. The zero-order valence-electron chi connectivity index (χ0n) is 6.78. The lowest BCUT2D eigenvalue weighted by atomic mass is 10.1. The van der Waals surface area contributed by atoms with Gasteiger partial charge in [-0.3, -0.25) is 0 Å². The standard InChI is InChI=1S/C9H10N2O/c1-6-4-7(8(11)5-10)2-3-9(6)12/h2-4,8,12H,11H2,1H3. The van der Waals surface area contributed by atoms with Gasteiger partial charge in [0.2, 0.25) is 0 Å². The molecule has 0 spiro atoms. The first-order valence-electron chi connectivity index (χ1n) is 3.60. The first-order chi connectivity index (χ1) is 5.65. The van der Waals surface area contributed by atoms with E-state index in [1.165, 1.54) is 0 Å². The van der Waals surface area contributed by atoms with E-state index in [0.717, 1.165) is 11.1 Å². The Morgan fingerprint density at radius 3 is 2.75 bits per heavy atom. The number of nitrogens with two attached hydrogens (primary N) is 1. The number of hydrogen-bond donors (Lipinski definition) is 2. The summed E-state index contributed by atoms with van der Waals surface area (Å²) >= 11 is 0. The van der Waals surface area contributed by atoms with Crippen LogP contribution in [0.3, 0.4) is 0 Å². The molecule has 0 heterocycles. The molecule has 0 aliphatic rings. The van der Waals surface area contributed by atoms with Crippen LogP contribution in [0, 0.1) is 18.3 Å². The van der Waals surface area contributed by atoms with Gasteiger partial charge in [0.25, 0.3) is 0 Å². The van der Waals surface area contributed by atoms with Crippen LogP contribution in [-0.4, -0.2) is 5.11 Å². The zero-order chi connectivity index (χ0) is 9.14. The summed E-state index contributed by atoms with van der Waals surface area (Å²) in [6.07, 6.45) is 0. The number of nitriles is 1. The van der Waals surface area contributed by atoms with Gasteiger partial charge in [-0.15, -0.1) is 0 Å². The van der Waals surface area contributed by atoms with Crippen LogP contribution in [0.15, 0.2) is 18.2 Å². The maximum Gasteiger partial charge on any atom is 0.118 e. The van der Waals surface area contributed by atoms with Crippen molar-refractivity contribution in [1.82, 2.24) is 0 Å². The molecule has 0 aliphatic carbocycles. The molecular formula is C9H10N2O. The van der Waals surface area contributed by atoms with Crippen molar-refractivity contribution in [2.75, 3.05) is 0 Å². The van der Waals surface area contributed by atoms with Crippen LogP contribution >= 0.6 is 0 Å². The molecule has 1 rings (SSSR count). The minimum Gasteiger partial charge on any atom is -0.508 e. The van der Waals surface area contributed by atoms with E-state index in [4.69, 9.17) is 11.0 Å². The van der Waals surface area contributed by atoms with Crippen LogP contribution in [-0.2, 0) is 0 Å². The van der Waals surface area contributed by atoms with Crippen LogP contribution in [0.4, 0.5) is 0 Å².